The Balaban J connectivity index is 1.81. The predicted molar refractivity (Wildman–Crippen MR) is 105 cm³/mol. The summed E-state index contributed by atoms with van der Waals surface area (Å²) >= 11 is 1.22. The first-order valence-corrected chi connectivity index (χ1v) is 9.06. The van der Waals surface area contributed by atoms with E-state index in [1.165, 1.54) is 42.1 Å². The Morgan fingerprint density at radius 1 is 1.18 bits per heavy atom. The number of imidazole rings is 1. The zero-order valence-corrected chi connectivity index (χ0v) is 15.8. The number of ether oxygens (including phenoxy) is 2. The molecule has 8 heteroatoms. The Morgan fingerprint density at radius 2 is 1.89 bits per heavy atom. The van der Waals surface area contributed by atoms with E-state index in [2.05, 4.69) is 4.98 Å². The molecule has 1 N–H and O–H groups in total. The Labute approximate surface area is 162 Å². The van der Waals surface area contributed by atoms with Crippen molar-refractivity contribution in [3.63, 3.8) is 0 Å². The van der Waals surface area contributed by atoms with Gasteiger partial charge in [-0.1, -0.05) is 23.5 Å². The van der Waals surface area contributed by atoms with Crippen LogP contribution in [0.3, 0.4) is 0 Å². The van der Waals surface area contributed by atoms with Crippen molar-refractivity contribution in [1.82, 2.24) is 9.38 Å². The van der Waals surface area contributed by atoms with Gasteiger partial charge in [0.05, 0.1) is 24.4 Å². The summed E-state index contributed by atoms with van der Waals surface area (Å²) in [6.07, 6.45) is 3.27. The summed E-state index contributed by atoms with van der Waals surface area (Å²) in [6.45, 7) is 0. The third-order valence-electron chi connectivity index (χ3n) is 4.22. The molecule has 0 spiro atoms. The van der Waals surface area contributed by atoms with Crippen LogP contribution in [0.25, 0.3) is 22.3 Å². The molecule has 2 aromatic heterocycles. The van der Waals surface area contributed by atoms with Gasteiger partial charge in [0.25, 0.3) is 5.56 Å². The molecule has 0 fully saturated rings. The van der Waals surface area contributed by atoms with Gasteiger partial charge in [0, 0.05) is 11.8 Å². The number of hydrogen-bond donors (Lipinski definition) is 1. The summed E-state index contributed by atoms with van der Waals surface area (Å²) in [4.78, 5) is 17.7. The van der Waals surface area contributed by atoms with E-state index < -0.39 is 0 Å². The number of methoxy groups -OCH3 is 2. The van der Waals surface area contributed by atoms with Gasteiger partial charge in [0.1, 0.15) is 5.82 Å². The fourth-order valence-electron chi connectivity index (χ4n) is 2.87. The first kappa shape index (κ1) is 18.0. The fourth-order valence-corrected chi connectivity index (χ4v) is 3.82. The molecule has 2 aromatic carbocycles. The van der Waals surface area contributed by atoms with Crippen molar-refractivity contribution in [1.29, 1.82) is 0 Å². The SMILES string of the molecule is COc1cc(C=c2sc3nc(-c4cccc(F)c4)cn3c2=O)cc(OC)c1O. The van der Waals surface area contributed by atoms with Crippen molar-refractivity contribution in [3.8, 4) is 28.5 Å². The maximum absolute atomic E-state index is 13.4. The number of aromatic hydroxyl groups is 1. The van der Waals surface area contributed by atoms with E-state index in [-0.39, 0.29) is 28.6 Å². The van der Waals surface area contributed by atoms with Crippen LogP contribution in [-0.4, -0.2) is 28.7 Å². The zero-order valence-electron chi connectivity index (χ0n) is 15.0. The lowest BCUT2D eigenvalue weighted by Crippen LogP contribution is -2.22. The van der Waals surface area contributed by atoms with Gasteiger partial charge in [0.2, 0.25) is 5.75 Å². The lowest BCUT2D eigenvalue weighted by Gasteiger charge is -2.09. The van der Waals surface area contributed by atoms with E-state index in [0.29, 0.717) is 26.3 Å². The van der Waals surface area contributed by atoms with Gasteiger partial charge in [-0.15, -0.1) is 0 Å². The number of thiazole rings is 1. The maximum atomic E-state index is 13.4. The largest absolute Gasteiger partial charge is 0.502 e. The molecular formula is C20H15FN2O4S. The molecule has 0 atom stereocenters. The van der Waals surface area contributed by atoms with Crippen molar-refractivity contribution in [3.05, 3.63) is 68.9 Å². The molecule has 0 bridgehead atoms. The quantitative estimate of drug-likeness (QED) is 0.572. The van der Waals surface area contributed by atoms with Crippen molar-refractivity contribution in [2.75, 3.05) is 14.2 Å². The van der Waals surface area contributed by atoms with Crippen LogP contribution in [0.5, 0.6) is 17.2 Å². The molecule has 28 heavy (non-hydrogen) atoms. The van der Waals surface area contributed by atoms with Crippen LogP contribution in [0.15, 0.2) is 47.4 Å². The summed E-state index contributed by atoms with van der Waals surface area (Å²) in [7, 11) is 2.87. The van der Waals surface area contributed by atoms with Gasteiger partial charge in [-0.05, 0) is 35.9 Å². The summed E-state index contributed by atoms with van der Waals surface area (Å²) in [5.41, 5.74) is 1.54. The topological polar surface area (TPSA) is 73.1 Å². The lowest BCUT2D eigenvalue weighted by atomic mass is 10.1. The van der Waals surface area contributed by atoms with E-state index in [1.54, 1.807) is 36.5 Å². The van der Waals surface area contributed by atoms with Gasteiger partial charge in [-0.3, -0.25) is 9.20 Å². The minimum absolute atomic E-state index is 0.106. The maximum Gasteiger partial charge on any atom is 0.274 e. The first-order chi connectivity index (χ1) is 13.5. The van der Waals surface area contributed by atoms with Crippen LogP contribution in [0, 0.1) is 5.82 Å². The van der Waals surface area contributed by atoms with E-state index in [1.807, 2.05) is 0 Å². The molecule has 0 amide bonds. The molecule has 0 saturated heterocycles. The van der Waals surface area contributed by atoms with Crippen LogP contribution >= 0.6 is 11.3 Å². The normalized spacial score (nSPS) is 11.9. The molecule has 4 aromatic rings. The Bertz CT molecular complexity index is 1270. The van der Waals surface area contributed by atoms with Crippen molar-refractivity contribution in [2.24, 2.45) is 0 Å². The van der Waals surface area contributed by atoms with Gasteiger partial charge in [0.15, 0.2) is 16.5 Å². The lowest BCUT2D eigenvalue weighted by molar-refractivity contribution is 0.340. The molecule has 0 saturated carbocycles. The second kappa shape index (κ2) is 6.97. The number of phenolic OH excluding ortho intramolecular Hbond substituents is 1. The molecule has 0 aliphatic carbocycles. The summed E-state index contributed by atoms with van der Waals surface area (Å²) in [5.74, 6) is 0.0196. The van der Waals surface area contributed by atoms with Crippen molar-refractivity contribution >= 4 is 22.4 Å². The Kier molecular flexibility index (Phi) is 4.48. The van der Waals surface area contributed by atoms with Crippen LogP contribution < -0.4 is 19.6 Å². The average molecular weight is 398 g/mol. The van der Waals surface area contributed by atoms with E-state index >= 15 is 0 Å². The van der Waals surface area contributed by atoms with E-state index in [9.17, 15) is 14.3 Å². The monoisotopic (exact) mass is 398 g/mol. The zero-order chi connectivity index (χ0) is 19.8. The number of nitrogens with zero attached hydrogens (tertiary/aromatic N) is 2. The van der Waals surface area contributed by atoms with Crippen LogP contribution in [-0.2, 0) is 0 Å². The molecule has 142 valence electrons. The van der Waals surface area contributed by atoms with Gasteiger partial charge in [-0.2, -0.15) is 0 Å². The van der Waals surface area contributed by atoms with Crippen molar-refractivity contribution in [2.45, 2.75) is 0 Å². The van der Waals surface area contributed by atoms with E-state index in [0.717, 1.165) is 0 Å². The summed E-state index contributed by atoms with van der Waals surface area (Å²) < 4.78 is 25.6. The number of hydrogen-bond acceptors (Lipinski definition) is 6. The molecular weight excluding hydrogens is 383 g/mol. The third kappa shape index (κ3) is 3.07. The third-order valence-corrected chi connectivity index (χ3v) is 5.21. The smallest absolute Gasteiger partial charge is 0.274 e. The summed E-state index contributed by atoms with van der Waals surface area (Å²) in [6, 6.07) is 9.28. The predicted octanol–water partition coefficient (Wildman–Crippen LogP) is 2.83. The second-order valence-corrected chi connectivity index (χ2v) is 6.99. The van der Waals surface area contributed by atoms with E-state index in [4.69, 9.17) is 9.47 Å². The first-order valence-electron chi connectivity index (χ1n) is 8.24. The minimum atomic E-state index is -0.361. The minimum Gasteiger partial charge on any atom is -0.502 e. The molecule has 0 radical (unpaired) electrons. The van der Waals surface area contributed by atoms with Gasteiger partial charge >= 0.3 is 0 Å². The second-order valence-electron chi connectivity index (χ2n) is 5.98. The fraction of sp³-hybridized carbons (Fsp3) is 0.100. The molecule has 6 nitrogen and oxygen atoms in total. The number of aromatic nitrogens is 2. The Hall–Kier alpha value is -3.39. The van der Waals surface area contributed by atoms with Gasteiger partial charge in [-0.25, -0.2) is 9.37 Å². The number of rotatable bonds is 4. The highest BCUT2D eigenvalue weighted by Gasteiger charge is 2.13. The van der Waals surface area contributed by atoms with Crippen LogP contribution in [0.1, 0.15) is 5.56 Å². The molecule has 4 rings (SSSR count). The molecule has 0 unspecified atom stereocenters. The van der Waals surface area contributed by atoms with Crippen LogP contribution in [0.4, 0.5) is 4.39 Å². The number of halogens is 1. The van der Waals surface area contributed by atoms with Crippen molar-refractivity contribution < 1.29 is 19.0 Å². The van der Waals surface area contributed by atoms with Crippen LogP contribution in [0.2, 0.25) is 0 Å². The molecule has 0 aliphatic rings. The number of fused-ring (bicyclic) bond motifs is 1. The highest BCUT2D eigenvalue weighted by molar-refractivity contribution is 7.15. The average Bonchev–Trinajstić information content (AvgIpc) is 3.23. The number of benzene rings is 2. The highest BCUT2D eigenvalue weighted by atomic mass is 32.1. The Morgan fingerprint density at radius 3 is 2.50 bits per heavy atom. The summed E-state index contributed by atoms with van der Waals surface area (Å²) in [5, 5.41) is 10.0. The highest BCUT2D eigenvalue weighted by Crippen LogP contribution is 2.37. The molecule has 2 heterocycles. The standard InChI is InChI=1S/C20H15FN2O4S/c1-26-15-6-11(7-16(27-2)18(15)24)8-17-19(25)23-10-14(22-20(23)28-17)12-4-3-5-13(21)9-12/h3-10,24H,1-2H3. The van der Waals surface area contributed by atoms with Gasteiger partial charge < -0.3 is 14.6 Å². The molecule has 0 aliphatic heterocycles. The number of phenols is 1.